The Labute approximate surface area is 83.2 Å². The van der Waals surface area contributed by atoms with Crippen LogP contribution in [0.15, 0.2) is 23.1 Å². The zero-order valence-corrected chi connectivity index (χ0v) is 7.73. The summed E-state index contributed by atoms with van der Waals surface area (Å²) in [4.78, 5) is 10.5. The Hall–Kier alpha value is -1.15. The summed E-state index contributed by atoms with van der Waals surface area (Å²) in [7, 11) is 0. The molecular formula is C7H6N2O4S. The zero-order chi connectivity index (χ0) is 10.3. The number of rotatable bonds is 1. The summed E-state index contributed by atoms with van der Waals surface area (Å²) in [5.41, 5.74) is 0.194. The van der Waals surface area contributed by atoms with Crippen molar-refractivity contribution in [2.24, 2.45) is 0 Å². The Morgan fingerprint density at radius 3 is 2.93 bits per heavy atom. The molecule has 0 bridgehead atoms. The first-order chi connectivity index (χ1) is 6.49. The maximum Gasteiger partial charge on any atom is 0.279 e. The first kappa shape index (κ1) is 9.41. The van der Waals surface area contributed by atoms with Crippen LogP contribution in [0.2, 0.25) is 0 Å². The van der Waals surface area contributed by atoms with Gasteiger partial charge in [0.1, 0.15) is 17.5 Å². The van der Waals surface area contributed by atoms with Gasteiger partial charge in [0.05, 0.1) is 9.82 Å². The Kier molecular flexibility index (Phi) is 1.96. The Morgan fingerprint density at radius 1 is 1.57 bits per heavy atom. The molecule has 0 aliphatic carbocycles. The van der Waals surface area contributed by atoms with Crippen LogP contribution in [-0.2, 0) is 6.54 Å². The molecule has 0 spiro atoms. The van der Waals surface area contributed by atoms with Gasteiger partial charge in [-0.1, -0.05) is 6.07 Å². The lowest BCUT2D eigenvalue weighted by Gasteiger charge is -2.23. The molecule has 2 rings (SSSR count). The van der Waals surface area contributed by atoms with Gasteiger partial charge in [-0.2, -0.15) is 0 Å². The van der Waals surface area contributed by atoms with Crippen molar-refractivity contribution in [3.8, 4) is 0 Å². The molecule has 7 heteroatoms. The van der Waals surface area contributed by atoms with Gasteiger partial charge >= 0.3 is 0 Å². The number of benzene rings is 1. The summed E-state index contributed by atoms with van der Waals surface area (Å²) in [6, 6.07) is 4.40. The molecule has 0 saturated carbocycles. The third-order valence-electron chi connectivity index (χ3n) is 1.90. The smallest absolute Gasteiger partial charge is 0.279 e. The lowest BCUT2D eigenvalue weighted by molar-refractivity contribution is -0.960. The quantitative estimate of drug-likeness (QED) is 0.253. The van der Waals surface area contributed by atoms with Crippen LogP contribution in [0.25, 0.3) is 0 Å². The van der Waals surface area contributed by atoms with Crippen molar-refractivity contribution < 1.29 is 14.3 Å². The van der Waals surface area contributed by atoms with E-state index in [1.807, 2.05) is 0 Å². The molecule has 0 radical (unpaired) electrons. The Bertz CT molecular complexity index is 407. The second-order valence-corrected chi connectivity index (χ2v) is 4.09. The fourth-order valence-electron chi connectivity index (χ4n) is 1.36. The van der Waals surface area contributed by atoms with Gasteiger partial charge in [-0.3, -0.25) is 10.1 Å². The van der Waals surface area contributed by atoms with Gasteiger partial charge in [0.15, 0.2) is 6.54 Å². The van der Waals surface area contributed by atoms with Crippen LogP contribution in [0, 0.1) is 15.3 Å². The maximum absolute atomic E-state index is 11.2. The maximum atomic E-state index is 11.2. The van der Waals surface area contributed by atoms with E-state index in [9.17, 15) is 15.3 Å². The predicted molar refractivity (Wildman–Crippen MR) is 48.1 cm³/mol. The molecule has 14 heavy (non-hydrogen) atoms. The summed E-state index contributed by atoms with van der Waals surface area (Å²) < 4.78 is -1.53. The normalized spacial score (nSPS) is 24.7. The molecule has 74 valence electrons. The van der Waals surface area contributed by atoms with E-state index < -0.39 is 9.14 Å². The number of fused-ring (bicyclic) bond motifs is 1. The topological polar surface area (TPSA) is 86.4 Å². The van der Waals surface area contributed by atoms with Crippen LogP contribution in [0.3, 0.4) is 0 Å². The molecule has 6 nitrogen and oxygen atoms in total. The predicted octanol–water partition coefficient (Wildman–Crippen LogP) is 1.82. The van der Waals surface area contributed by atoms with E-state index >= 15 is 0 Å². The van der Waals surface area contributed by atoms with Gasteiger partial charge in [0, 0.05) is 6.07 Å². The van der Waals surface area contributed by atoms with E-state index in [1.165, 1.54) is 12.1 Å². The lowest BCUT2D eigenvalue weighted by Crippen LogP contribution is -2.24. The molecule has 0 aromatic heterocycles. The second kappa shape index (κ2) is 2.92. The third-order valence-corrected chi connectivity index (χ3v) is 2.90. The van der Waals surface area contributed by atoms with Gasteiger partial charge in [-0.15, -0.1) is 4.21 Å². The summed E-state index contributed by atoms with van der Waals surface area (Å²) in [5, 5.41) is 30.9. The van der Waals surface area contributed by atoms with E-state index in [2.05, 4.69) is 0 Å². The minimum atomic E-state index is -1.53. The van der Waals surface area contributed by atoms with Crippen LogP contribution in [0.1, 0.15) is 5.56 Å². The number of hydrogen-bond donors (Lipinski definition) is 1. The van der Waals surface area contributed by atoms with E-state index in [0.29, 0.717) is 22.4 Å². The van der Waals surface area contributed by atoms with Crippen LogP contribution in [0.5, 0.6) is 0 Å². The highest BCUT2D eigenvalue weighted by atomic mass is 32.2. The average molecular weight is 214 g/mol. The first-order valence-corrected chi connectivity index (χ1v) is 4.55. The molecule has 1 atom stereocenters. The van der Waals surface area contributed by atoms with Crippen LogP contribution in [0.4, 0.5) is 5.69 Å². The first-order valence-electron chi connectivity index (χ1n) is 3.77. The number of quaternary nitrogens is 1. The Morgan fingerprint density at radius 2 is 2.29 bits per heavy atom. The molecule has 0 saturated heterocycles. The van der Waals surface area contributed by atoms with Crippen molar-refractivity contribution in [2.75, 3.05) is 0 Å². The van der Waals surface area contributed by atoms with Crippen molar-refractivity contribution in [1.82, 2.24) is 0 Å². The summed E-state index contributed by atoms with van der Waals surface area (Å²) >= 11 is 0.658. The van der Waals surface area contributed by atoms with Crippen molar-refractivity contribution in [1.29, 1.82) is 0 Å². The van der Waals surface area contributed by atoms with E-state index in [0.717, 1.165) is 0 Å². The summed E-state index contributed by atoms with van der Waals surface area (Å²) in [5.74, 6) is 0. The molecule has 1 aromatic carbocycles. The monoisotopic (exact) mass is 214 g/mol. The standard InChI is InChI=1S/C7H6N2O4S/c10-8(11)6-2-1-3-7-5(6)4-9(12,13)14-7/h1-3,12H,4H2. The zero-order valence-electron chi connectivity index (χ0n) is 6.91. The number of nitrogens with zero attached hydrogens (tertiary/aromatic N) is 2. The fraction of sp³-hybridized carbons (Fsp3) is 0.143. The highest BCUT2D eigenvalue weighted by Crippen LogP contribution is 2.43. The highest BCUT2D eigenvalue weighted by Gasteiger charge is 2.35. The van der Waals surface area contributed by atoms with Gasteiger partial charge in [0.2, 0.25) is 0 Å². The molecule has 0 amide bonds. The van der Waals surface area contributed by atoms with Gasteiger partial charge in [-0.05, 0) is 6.07 Å². The van der Waals surface area contributed by atoms with Crippen LogP contribution in [-0.4, -0.2) is 14.3 Å². The highest BCUT2D eigenvalue weighted by molar-refractivity contribution is 7.94. The average Bonchev–Trinajstić information content (AvgIpc) is 2.36. The molecule has 1 heterocycles. The van der Waals surface area contributed by atoms with Crippen molar-refractivity contribution in [3.63, 3.8) is 0 Å². The molecule has 1 N–H and O–H groups in total. The SMILES string of the molecule is O=[N+]([O-])c1cccc2c1C[N+]([O-])(O)S2. The van der Waals surface area contributed by atoms with Gasteiger partial charge in [-0.25, -0.2) is 5.21 Å². The molecular weight excluding hydrogens is 208 g/mol. The van der Waals surface area contributed by atoms with Crippen LogP contribution >= 0.6 is 11.9 Å². The number of hydroxylamine groups is 2. The molecule has 1 aromatic rings. The molecule has 0 fully saturated rings. The van der Waals surface area contributed by atoms with Crippen LogP contribution < -0.4 is 0 Å². The van der Waals surface area contributed by atoms with Gasteiger partial charge in [0.25, 0.3) is 5.69 Å². The Balaban J connectivity index is 2.52. The van der Waals surface area contributed by atoms with Gasteiger partial charge < -0.3 is 5.21 Å². The largest absolute Gasteiger partial charge is 0.586 e. The van der Waals surface area contributed by atoms with Crippen molar-refractivity contribution in [3.05, 3.63) is 39.1 Å². The van der Waals surface area contributed by atoms with Crippen molar-refractivity contribution >= 4 is 17.6 Å². The van der Waals surface area contributed by atoms with E-state index in [-0.39, 0.29) is 12.2 Å². The molecule has 1 unspecified atom stereocenters. The van der Waals surface area contributed by atoms with Crippen molar-refractivity contribution in [2.45, 2.75) is 11.4 Å². The molecule has 1 aliphatic rings. The third kappa shape index (κ3) is 1.46. The fourth-order valence-corrected chi connectivity index (χ4v) is 2.28. The van der Waals surface area contributed by atoms with E-state index in [4.69, 9.17) is 5.21 Å². The lowest BCUT2D eigenvalue weighted by atomic mass is 10.2. The minimum Gasteiger partial charge on any atom is -0.586 e. The summed E-state index contributed by atoms with van der Waals surface area (Å²) in [6.07, 6.45) is 0. The number of hydrogen-bond acceptors (Lipinski definition) is 5. The second-order valence-electron chi connectivity index (χ2n) is 2.90. The minimum absolute atomic E-state index is 0.111. The molecule has 1 aliphatic heterocycles. The number of nitro benzene ring substituents is 1. The number of nitro groups is 1. The van der Waals surface area contributed by atoms with E-state index in [1.54, 1.807) is 6.07 Å². The summed E-state index contributed by atoms with van der Waals surface area (Å²) in [6.45, 7) is -0.281.